The van der Waals surface area contributed by atoms with Crippen LogP contribution in [0.1, 0.15) is 12.8 Å². The van der Waals surface area contributed by atoms with Crippen LogP contribution in [0.3, 0.4) is 0 Å². The van der Waals surface area contributed by atoms with Crippen molar-refractivity contribution in [1.82, 2.24) is 4.90 Å². The smallest absolute Gasteiger partial charge is 0.0897 e. The molecule has 1 fully saturated rings. The van der Waals surface area contributed by atoms with Gasteiger partial charge in [0.1, 0.15) is 0 Å². The molecule has 2 nitrogen and oxygen atoms in total. The number of nitrogens with zero attached hydrogens (tertiary/aromatic N) is 1. The third-order valence-corrected chi connectivity index (χ3v) is 2.81. The number of rotatable bonds is 3. The van der Waals surface area contributed by atoms with Crippen LogP contribution in [0.5, 0.6) is 0 Å². The summed E-state index contributed by atoms with van der Waals surface area (Å²) >= 11 is 0. The molecule has 0 bridgehead atoms. The number of halogens is 1. The van der Waals surface area contributed by atoms with Gasteiger partial charge in [-0.05, 0) is 38.3 Å². The highest BCUT2D eigenvalue weighted by atomic mass is 19.1. The molecular weight excluding hydrogens is 157 g/mol. The lowest BCUT2D eigenvalue weighted by molar-refractivity contribution is 0.0807. The van der Waals surface area contributed by atoms with E-state index >= 15 is 0 Å². The van der Waals surface area contributed by atoms with Crippen LogP contribution in [0.2, 0.25) is 0 Å². The van der Waals surface area contributed by atoms with E-state index < -0.39 is 0 Å². The van der Waals surface area contributed by atoms with Crippen LogP contribution in [0.4, 0.5) is 4.39 Å². The summed E-state index contributed by atoms with van der Waals surface area (Å²) in [7, 11) is 2.05. The van der Waals surface area contributed by atoms with Gasteiger partial charge >= 0.3 is 0 Å². The van der Waals surface area contributed by atoms with E-state index in [1.807, 2.05) is 0 Å². The second-order valence-corrected chi connectivity index (χ2v) is 3.73. The van der Waals surface area contributed by atoms with Gasteiger partial charge in [0.05, 0.1) is 6.67 Å². The van der Waals surface area contributed by atoms with Gasteiger partial charge in [-0.1, -0.05) is 0 Å². The predicted molar refractivity (Wildman–Crippen MR) is 46.8 cm³/mol. The Labute approximate surface area is 73.4 Å². The van der Waals surface area contributed by atoms with Crippen molar-refractivity contribution in [3.8, 4) is 0 Å². The summed E-state index contributed by atoms with van der Waals surface area (Å²) in [4.78, 5) is 2.21. The van der Waals surface area contributed by atoms with Gasteiger partial charge in [-0.2, -0.15) is 0 Å². The molecule has 0 spiro atoms. The first kappa shape index (κ1) is 9.93. The first-order valence-electron chi connectivity index (χ1n) is 4.63. The van der Waals surface area contributed by atoms with E-state index in [0.717, 1.165) is 19.5 Å². The van der Waals surface area contributed by atoms with Crippen molar-refractivity contribution in [2.24, 2.45) is 11.8 Å². The van der Waals surface area contributed by atoms with Gasteiger partial charge in [-0.3, -0.25) is 4.39 Å². The maximum Gasteiger partial charge on any atom is 0.0897 e. The minimum Gasteiger partial charge on any atom is -0.396 e. The van der Waals surface area contributed by atoms with E-state index in [1.165, 1.54) is 0 Å². The van der Waals surface area contributed by atoms with Crippen molar-refractivity contribution in [2.45, 2.75) is 12.8 Å². The second kappa shape index (κ2) is 4.77. The van der Waals surface area contributed by atoms with Gasteiger partial charge in [0, 0.05) is 13.2 Å². The lowest BCUT2D eigenvalue weighted by Gasteiger charge is -2.35. The van der Waals surface area contributed by atoms with Crippen LogP contribution < -0.4 is 0 Å². The molecule has 0 aromatic carbocycles. The van der Waals surface area contributed by atoms with Crippen molar-refractivity contribution in [3.63, 3.8) is 0 Å². The Morgan fingerprint density at radius 3 is 2.83 bits per heavy atom. The molecule has 0 saturated carbocycles. The van der Waals surface area contributed by atoms with Crippen LogP contribution in [-0.4, -0.2) is 43.4 Å². The molecule has 0 radical (unpaired) electrons. The Morgan fingerprint density at radius 1 is 1.50 bits per heavy atom. The van der Waals surface area contributed by atoms with Crippen LogP contribution in [0, 0.1) is 11.8 Å². The average molecular weight is 175 g/mol. The number of aliphatic hydroxyl groups is 1. The summed E-state index contributed by atoms with van der Waals surface area (Å²) in [5.74, 6) is 0.690. The van der Waals surface area contributed by atoms with Crippen molar-refractivity contribution in [1.29, 1.82) is 0 Å². The van der Waals surface area contributed by atoms with Crippen molar-refractivity contribution in [2.75, 3.05) is 33.4 Å². The molecule has 2 unspecified atom stereocenters. The topological polar surface area (TPSA) is 23.5 Å². The molecule has 1 rings (SSSR count). The molecule has 1 aliphatic rings. The molecule has 3 heteroatoms. The van der Waals surface area contributed by atoms with E-state index in [0.29, 0.717) is 18.3 Å². The Balaban J connectivity index is 2.40. The summed E-state index contributed by atoms with van der Waals surface area (Å²) in [5.41, 5.74) is 0. The largest absolute Gasteiger partial charge is 0.396 e. The number of alkyl halides is 1. The normalized spacial score (nSPS) is 32.2. The fourth-order valence-corrected chi connectivity index (χ4v) is 1.97. The fraction of sp³-hybridized carbons (Fsp3) is 1.00. The third-order valence-electron chi connectivity index (χ3n) is 2.81. The molecule has 0 aromatic heterocycles. The maximum absolute atomic E-state index is 12.1. The van der Waals surface area contributed by atoms with Crippen molar-refractivity contribution < 1.29 is 9.50 Å². The average Bonchev–Trinajstić information content (AvgIpc) is 2.05. The molecule has 1 N–H and O–H groups in total. The van der Waals surface area contributed by atoms with Gasteiger partial charge in [0.25, 0.3) is 0 Å². The van der Waals surface area contributed by atoms with E-state index in [4.69, 9.17) is 5.11 Å². The summed E-state index contributed by atoms with van der Waals surface area (Å²) in [6.45, 7) is 1.94. The lowest BCUT2D eigenvalue weighted by atomic mass is 9.84. The minimum atomic E-state index is -0.255. The SMILES string of the molecule is CN1CCC(CO)C(CCF)C1. The van der Waals surface area contributed by atoms with Gasteiger partial charge in [-0.25, -0.2) is 0 Å². The Kier molecular flexibility index (Phi) is 3.95. The Bertz CT molecular complexity index is 132. The molecular formula is C9H18FNO. The first-order chi connectivity index (χ1) is 5.77. The quantitative estimate of drug-likeness (QED) is 0.689. The molecule has 1 aliphatic heterocycles. The molecule has 0 aliphatic carbocycles. The Morgan fingerprint density at radius 2 is 2.25 bits per heavy atom. The van der Waals surface area contributed by atoms with Gasteiger partial charge in [0.2, 0.25) is 0 Å². The van der Waals surface area contributed by atoms with Crippen molar-refractivity contribution >= 4 is 0 Å². The summed E-state index contributed by atoms with van der Waals surface area (Å²) in [6.07, 6.45) is 1.62. The summed E-state index contributed by atoms with van der Waals surface area (Å²) in [5, 5.41) is 9.03. The standard InChI is InChI=1S/C9H18FNO/c1-11-5-3-9(7-12)8(6-11)2-4-10/h8-9,12H,2-7H2,1H3. The summed E-state index contributed by atoms with van der Waals surface area (Å²) < 4.78 is 12.1. The van der Waals surface area contributed by atoms with Gasteiger partial charge < -0.3 is 10.0 Å². The molecule has 72 valence electrons. The zero-order valence-corrected chi connectivity index (χ0v) is 7.67. The molecule has 0 aromatic rings. The number of hydrogen-bond acceptors (Lipinski definition) is 2. The second-order valence-electron chi connectivity index (χ2n) is 3.73. The van der Waals surface area contributed by atoms with Gasteiger partial charge in [0.15, 0.2) is 0 Å². The first-order valence-corrected chi connectivity index (χ1v) is 4.63. The molecule has 0 amide bonds. The highest BCUT2D eigenvalue weighted by molar-refractivity contribution is 4.78. The molecule has 2 atom stereocenters. The zero-order valence-electron chi connectivity index (χ0n) is 7.67. The van der Waals surface area contributed by atoms with E-state index in [-0.39, 0.29) is 13.3 Å². The number of aliphatic hydroxyl groups excluding tert-OH is 1. The van der Waals surface area contributed by atoms with E-state index in [9.17, 15) is 4.39 Å². The van der Waals surface area contributed by atoms with Crippen LogP contribution in [0.25, 0.3) is 0 Å². The number of piperidine rings is 1. The molecule has 12 heavy (non-hydrogen) atoms. The fourth-order valence-electron chi connectivity index (χ4n) is 1.97. The molecule has 1 saturated heterocycles. The summed E-state index contributed by atoms with van der Waals surface area (Å²) in [6, 6.07) is 0. The third kappa shape index (κ3) is 2.42. The zero-order chi connectivity index (χ0) is 8.97. The maximum atomic E-state index is 12.1. The Hall–Kier alpha value is -0.150. The van der Waals surface area contributed by atoms with Crippen LogP contribution >= 0.6 is 0 Å². The van der Waals surface area contributed by atoms with E-state index in [1.54, 1.807) is 0 Å². The predicted octanol–water partition coefficient (Wildman–Crippen LogP) is 0.906. The minimum absolute atomic E-state index is 0.221. The van der Waals surface area contributed by atoms with Crippen molar-refractivity contribution in [3.05, 3.63) is 0 Å². The van der Waals surface area contributed by atoms with Crippen LogP contribution in [-0.2, 0) is 0 Å². The van der Waals surface area contributed by atoms with E-state index in [2.05, 4.69) is 11.9 Å². The highest BCUT2D eigenvalue weighted by Crippen LogP contribution is 2.24. The monoisotopic (exact) mass is 175 g/mol. The van der Waals surface area contributed by atoms with Gasteiger partial charge in [-0.15, -0.1) is 0 Å². The highest BCUT2D eigenvalue weighted by Gasteiger charge is 2.26. The van der Waals surface area contributed by atoms with Crippen LogP contribution in [0.15, 0.2) is 0 Å². The number of hydrogen-bond donors (Lipinski definition) is 1. The lowest BCUT2D eigenvalue weighted by Crippen LogP contribution is -2.39. The molecule has 1 heterocycles. The number of likely N-dealkylation sites (tertiary alicyclic amines) is 1.